The molecular weight excluding hydrogens is 344 g/mol. The Bertz CT molecular complexity index is 638. The molecule has 0 bridgehead atoms. The van der Waals surface area contributed by atoms with Gasteiger partial charge in [0.25, 0.3) is 0 Å². The first-order valence-electron chi connectivity index (χ1n) is 12.7. The third-order valence-corrected chi connectivity index (χ3v) is 11.3. The minimum atomic E-state index is -0.397. The first-order valence-corrected chi connectivity index (χ1v) is 12.7. The summed E-state index contributed by atoms with van der Waals surface area (Å²) >= 11 is 0. The summed E-state index contributed by atoms with van der Waals surface area (Å²) in [6, 6.07) is 0. The molecule has 0 aromatic heterocycles. The van der Waals surface area contributed by atoms with Gasteiger partial charge in [-0.25, -0.2) is 0 Å². The molecule has 2 nitrogen and oxygen atoms in total. The molecule has 0 spiro atoms. The van der Waals surface area contributed by atoms with E-state index < -0.39 is 5.60 Å². The lowest BCUT2D eigenvalue weighted by Gasteiger charge is -2.58. The van der Waals surface area contributed by atoms with E-state index in [1.54, 1.807) is 0 Å². The second kappa shape index (κ2) is 6.00. The van der Waals surface area contributed by atoms with Gasteiger partial charge in [0.1, 0.15) is 0 Å². The van der Waals surface area contributed by atoms with Crippen LogP contribution < -0.4 is 0 Å². The second-order valence-electron chi connectivity index (χ2n) is 12.9. The highest BCUT2D eigenvalue weighted by molar-refractivity contribution is 5.18. The molecule has 0 aromatic carbocycles. The van der Waals surface area contributed by atoms with Crippen molar-refractivity contribution in [3.8, 4) is 0 Å². The quantitative estimate of drug-likeness (QED) is 0.694. The maximum absolute atomic E-state index is 11.0. The van der Waals surface area contributed by atoms with Gasteiger partial charge in [0.15, 0.2) is 0 Å². The van der Waals surface area contributed by atoms with E-state index in [-0.39, 0.29) is 6.10 Å². The maximum atomic E-state index is 11.0. The number of hydrogen-bond acceptors (Lipinski definition) is 2. The molecule has 0 aliphatic heterocycles. The van der Waals surface area contributed by atoms with Crippen LogP contribution in [0.4, 0.5) is 0 Å². The number of aliphatic hydroxyl groups excluding tert-OH is 1. The van der Waals surface area contributed by atoms with Gasteiger partial charge in [-0.3, -0.25) is 0 Å². The average Bonchev–Trinajstić information content (AvgIpc) is 3.55. The van der Waals surface area contributed by atoms with E-state index in [9.17, 15) is 10.2 Å². The van der Waals surface area contributed by atoms with E-state index >= 15 is 0 Å². The Morgan fingerprint density at radius 2 is 1.57 bits per heavy atom. The Morgan fingerprint density at radius 1 is 0.821 bits per heavy atom. The van der Waals surface area contributed by atoms with Gasteiger partial charge in [0.05, 0.1) is 11.7 Å². The van der Waals surface area contributed by atoms with Crippen LogP contribution in [-0.2, 0) is 0 Å². The van der Waals surface area contributed by atoms with E-state index in [1.165, 1.54) is 51.4 Å². The number of rotatable bonds is 3. The van der Waals surface area contributed by atoms with E-state index in [1.807, 2.05) is 0 Å². The molecule has 2 N–H and O–H groups in total. The lowest BCUT2D eigenvalue weighted by Crippen LogP contribution is -2.52. The Balaban J connectivity index is 1.25. The van der Waals surface area contributed by atoms with Crippen LogP contribution in [0.1, 0.15) is 85.0 Å². The predicted octanol–water partition coefficient (Wildman–Crippen LogP) is 5.27. The van der Waals surface area contributed by atoms with E-state index in [0.29, 0.717) is 17.3 Å². The van der Waals surface area contributed by atoms with Gasteiger partial charge in [-0.2, -0.15) is 0 Å². The number of aliphatic hydroxyl groups is 2. The van der Waals surface area contributed by atoms with Crippen molar-refractivity contribution in [1.29, 1.82) is 0 Å². The largest absolute Gasteiger partial charge is 0.393 e. The summed E-state index contributed by atoms with van der Waals surface area (Å²) in [5.74, 6) is 8.35. The fourth-order valence-corrected chi connectivity index (χ4v) is 10.2. The van der Waals surface area contributed by atoms with Crippen molar-refractivity contribution in [3.05, 3.63) is 0 Å². The smallest absolute Gasteiger partial charge is 0.0622 e. The topological polar surface area (TPSA) is 40.5 Å². The third-order valence-electron chi connectivity index (χ3n) is 11.3. The van der Waals surface area contributed by atoms with Gasteiger partial charge in [-0.15, -0.1) is 0 Å². The van der Waals surface area contributed by atoms with Crippen LogP contribution in [0.5, 0.6) is 0 Å². The van der Waals surface area contributed by atoms with Crippen molar-refractivity contribution in [3.63, 3.8) is 0 Å². The highest BCUT2D eigenvalue weighted by Crippen LogP contribution is 2.76. The lowest BCUT2D eigenvalue weighted by atomic mass is 9.47. The summed E-state index contributed by atoms with van der Waals surface area (Å²) in [6.45, 7) is 7.14. The molecule has 6 fully saturated rings. The van der Waals surface area contributed by atoms with Crippen molar-refractivity contribution >= 4 is 0 Å². The van der Waals surface area contributed by atoms with Gasteiger partial charge in [0, 0.05) is 0 Å². The van der Waals surface area contributed by atoms with Crippen LogP contribution >= 0.6 is 0 Å². The van der Waals surface area contributed by atoms with E-state index in [2.05, 4.69) is 20.8 Å². The summed E-state index contributed by atoms with van der Waals surface area (Å²) in [5.41, 5.74) is 0.0998. The van der Waals surface area contributed by atoms with Crippen molar-refractivity contribution in [2.45, 2.75) is 96.7 Å². The van der Waals surface area contributed by atoms with E-state index in [4.69, 9.17) is 0 Å². The van der Waals surface area contributed by atoms with Gasteiger partial charge in [-0.05, 0) is 136 Å². The van der Waals surface area contributed by atoms with Crippen molar-refractivity contribution in [1.82, 2.24) is 0 Å². The van der Waals surface area contributed by atoms with E-state index in [0.717, 1.165) is 60.2 Å². The molecule has 0 amide bonds. The summed E-state index contributed by atoms with van der Waals surface area (Å²) in [5, 5.41) is 21.6. The van der Waals surface area contributed by atoms with Gasteiger partial charge < -0.3 is 10.2 Å². The molecule has 0 radical (unpaired) electrons. The van der Waals surface area contributed by atoms with Crippen molar-refractivity contribution in [2.24, 2.45) is 64.6 Å². The minimum absolute atomic E-state index is 0.0316. The summed E-state index contributed by atoms with van der Waals surface area (Å²) in [4.78, 5) is 0. The molecule has 6 saturated carbocycles. The van der Waals surface area contributed by atoms with Crippen molar-refractivity contribution < 1.29 is 10.2 Å². The Labute approximate surface area is 171 Å². The lowest BCUT2D eigenvalue weighted by molar-refractivity contribution is -0.116. The monoisotopic (exact) mass is 386 g/mol. The molecule has 6 aliphatic rings. The molecule has 0 unspecified atom stereocenters. The predicted molar refractivity (Wildman–Crippen MR) is 111 cm³/mol. The van der Waals surface area contributed by atoms with Gasteiger partial charge in [-0.1, -0.05) is 13.8 Å². The molecule has 6 aliphatic carbocycles. The van der Waals surface area contributed by atoms with Crippen LogP contribution in [-0.4, -0.2) is 21.9 Å². The normalized spacial score (nSPS) is 59.5. The minimum Gasteiger partial charge on any atom is -0.393 e. The zero-order chi connectivity index (χ0) is 19.4. The highest BCUT2D eigenvalue weighted by atomic mass is 16.3. The Kier molecular flexibility index (Phi) is 4.00. The Hall–Kier alpha value is -0.0800. The molecular formula is C26H42O2. The molecule has 28 heavy (non-hydrogen) atoms. The van der Waals surface area contributed by atoms with Crippen LogP contribution in [0.3, 0.4) is 0 Å². The SMILES string of the molecule is C[C@@H]([C@H]1[C@H]2C[C@H]2[C@@H]2[C@@H]3CC[C@@H]4C[C@](C)(O)CC[C@@H]4[C@H]3CC[C@@]21C)[C@H](O)C1CC1. The fourth-order valence-electron chi connectivity index (χ4n) is 10.2. The van der Waals surface area contributed by atoms with Crippen LogP contribution in [0, 0.1) is 64.6 Å². The zero-order valence-corrected chi connectivity index (χ0v) is 18.3. The van der Waals surface area contributed by atoms with Crippen LogP contribution in [0.15, 0.2) is 0 Å². The maximum Gasteiger partial charge on any atom is 0.0622 e. The third kappa shape index (κ3) is 2.58. The first-order chi connectivity index (χ1) is 13.3. The van der Waals surface area contributed by atoms with Gasteiger partial charge in [0.2, 0.25) is 0 Å². The molecule has 2 heteroatoms. The number of fused-ring (bicyclic) bond motifs is 7. The molecule has 6 rings (SSSR count). The molecule has 0 saturated heterocycles. The van der Waals surface area contributed by atoms with Crippen LogP contribution in [0.2, 0.25) is 0 Å². The molecule has 12 atom stereocenters. The standard InChI is InChI=1S/C26H42O2/c1-14(24(27)15-4-5-15)22-20-12-21(20)23-19-7-6-16-13-25(2,28)10-8-17(16)18(19)9-11-26(22,23)3/h14-24,27-28H,4-13H2,1-3H3/t14-,16+,17-,18+,19+,20-,21+,22-,23-,24-,25+,26+/m0/s1. The summed E-state index contributed by atoms with van der Waals surface area (Å²) < 4.78 is 0. The molecule has 0 heterocycles. The average molecular weight is 387 g/mol. The van der Waals surface area contributed by atoms with Crippen LogP contribution in [0.25, 0.3) is 0 Å². The summed E-state index contributed by atoms with van der Waals surface area (Å²) in [7, 11) is 0. The highest BCUT2D eigenvalue weighted by Gasteiger charge is 2.70. The second-order valence-corrected chi connectivity index (χ2v) is 12.9. The molecule has 0 aromatic rings. The Morgan fingerprint density at radius 3 is 2.32 bits per heavy atom. The zero-order valence-electron chi connectivity index (χ0n) is 18.3. The number of hydrogen-bond donors (Lipinski definition) is 2. The fraction of sp³-hybridized carbons (Fsp3) is 1.00. The van der Waals surface area contributed by atoms with Crippen molar-refractivity contribution in [2.75, 3.05) is 0 Å². The summed E-state index contributed by atoms with van der Waals surface area (Å²) in [6.07, 6.45) is 13.0. The first kappa shape index (κ1) is 18.7. The molecule has 158 valence electrons. The van der Waals surface area contributed by atoms with Gasteiger partial charge >= 0.3 is 0 Å².